The highest BCUT2D eigenvalue weighted by molar-refractivity contribution is 7.09. The van der Waals surface area contributed by atoms with Gasteiger partial charge in [0.2, 0.25) is 0 Å². The SMILES string of the molecule is Cc1ccc(C(=O)OCc2csc(COc3ccc(F)cc3)n2)cc1O. The first kappa shape index (κ1) is 17.9. The Bertz CT molecular complexity index is 908. The molecule has 3 rings (SSSR count). The van der Waals surface area contributed by atoms with Gasteiger partial charge in [0.15, 0.2) is 0 Å². The van der Waals surface area contributed by atoms with Crippen molar-refractivity contribution < 1.29 is 23.8 Å². The van der Waals surface area contributed by atoms with Crippen LogP contribution in [0, 0.1) is 12.7 Å². The maximum Gasteiger partial charge on any atom is 0.338 e. The molecule has 0 aliphatic heterocycles. The number of benzene rings is 2. The maximum absolute atomic E-state index is 12.8. The molecule has 0 aliphatic rings. The molecule has 0 bridgehead atoms. The van der Waals surface area contributed by atoms with Crippen LogP contribution in [0.25, 0.3) is 0 Å². The van der Waals surface area contributed by atoms with Crippen molar-refractivity contribution in [3.05, 3.63) is 75.5 Å². The lowest BCUT2D eigenvalue weighted by Crippen LogP contribution is -2.05. The van der Waals surface area contributed by atoms with E-state index < -0.39 is 5.97 Å². The first-order valence-corrected chi connectivity index (χ1v) is 8.67. The van der Waals surface area contributed by atoms with Gasteiger partial charge in [0.1, 0.15) is 35.5 Å². The lowest BCUT2D eigenvalue weighted by atomic mass is 10.1. The Labute approximate surface area is 153 Å². The second-order valence-corrected chi connectivity index (χ2v) is 6.50. The van der Waals surface area contributed by atoms with Gasteiger partial charge in [0.05, 0.1) is 11.3 Å². The van der Waals surface area contributed by atoms with Gasteiger partial charge in [-0.1, -0.05) is 6.07 Å². The van der Waals surface area contributed by atoms with Gasteiger partial charge in [-0.3, -0.25) is 0 Å². The number of ether oxygens (including phenoxy) is 2. The summed E-state index contributed by atoms with van der Waals surface area (Å²) in [7, 11) is 0. The van der Waals surface area contributed by atoms with E-state index in [1.165, 1.54) is 29.5 Å². The van der Waals surface area contributed by atoms with E-state index in [0.29, 0.717) is 22.0 Å². The van der Waals surface area contributed by atoms with Gasteiger partial charge in [-0.25, -0.2) is 14.2 Å². The Kier molecular flexibility index (Phi) is 5.48. The number of hydrogen-bond donors (Lipinski definition) is 1. The zero-order valence-corrected chi connectivity index (χ0v) is 14.8. The van der Waals surface area contributed by atoms with Crippen molar-refractivity contribution in [3.63, 3.8) is 0 Å². The van der Waals surface area contributed by atoms with Gasteiger partial charge in [-0.15, -0.1) is 11.3 Å². The first-order chi connectivity index (χ1) is 12.5. The standard InChI is InChI=1S/C19H16FNO4S/c1-12-2-3-13(8-17(12)22)19(23)25-9-15-11-26-18(21-15)10-24-16-6-4-14(20)5-7-16/h2-8,11,22H,9-10H2,1H3. The first-order valence-electron chi connectivity index (χ1n) is 7.79. The number of rotatable bonds is 6. The summed E-state index contributed by atoms with van der Waals surface area (Å²) in [5.41, 5.74) is 1.58. The lowest BCUT2D eigenvalue weighted by Gasteiger charge is -2.05. The van der Waals surface area contributed by atoms with Gasteiger partial charge in [0, 0.05) is 5.38 Å². The van der Waals surface area contributed by atoms with Crippen molar-refractivity contribution >= 4 is 17.3 Å². The zero-order chi connectivity index (χ0) is 18.5. The molecular formula is C19H16FNO4S. The molecule has 0 unspecified atom stereocenters. The second kappa shape index (κ2) is 7.97. The Morgan fingerprint density at radius 2 is 1.96 bits per heavy atom. The summed E-state index contributed by atoms with van der Waals surface area (Å²) in [6.07, 6.45) is 0. The molecule has 3 aromatic rings. The minimum Gasteiger partial charge on any atom is -0.508 e. The third-order valence-corrected chi connectivity index (χ3v) is 4.44. The molecule has 7 heteroatoms. The Morgan fingerprint density at radius 1 is 1.19 bits per heavy atom. The molecular weight excluding hydrogens is 357 g/mol. The summed E-state index contributed by atoms with van der Waals surface area (Å²) in [5.74, 6) is -0.253. The number of phenolic OH excluding ortho intramolecular Hbond substituents is 1. The van der Waals surface area contributed by atoms with Crippen LogP contribution >= 0.6 is 11.3 Å². The molecule has 0 spiro atoms. The summed E-state index contributed by atoms with van der Waals surface area (Å²) in [6.45, 7) is 2.02. The smallest absolute Gasteiger partial charge is 0.338 e. The van der Waals surface area contributed by atoms with E-state index in [0.717, 1.165) is 0 Å². The van der Waals surface area contributed by atoms with Crippen molar-refractivity contribution in [2.45, 2.75) is 20.1 Å². The van der Waals surface area contributed by atoms with E-state index in [9.17, 15) is 14.3 Å². The number of carbonyl (C=O) groups is 1. The van der Waals surface area contributed by atoms with E-state index in [-0.39, 0.29) is 30.3 Å². The third kappa shape index (κ3) is 4.58. The van der Waals surface area contributed by atoms with Gasteiger partial charge < -0.3 is 14.6 Å². The molecule has 26 heavy (non-hydrogen) atoms. The number of aromatic nitrogens is 1. The van der Waals surface area contributed by atoms with Crippen LogP contribution in [-0.4, -0.2) is 16.1 Å². The number of carbonyl (C=O) groups excluding carboxylic acids is 1. The number of hydrogen-bond acceptors (Lipinski definition) is 6. The fraction of sp³-hybridized carbons (Fsp3) is 0.158. The van der Waals surface area contributed by atoms with E-state index in [1.54, 1.807) is 36.6 Å². The number of thiazole rings is 1. The van der Waals surface area contributed by atoms with Gasteiger partial charge >= 0.3 is 5.97 Å². The normalized spacial score (nSPS) is 10.5. The Hall–Kier alpha value is -2.93. The molecule has 1 heterocycles. The van der Waals surface area contributed by atoms with E-state index in [2.05, 4.69) is 4.98 Å². The lowest BCUT2D eigenvalue weighted by molar-refractivity contribution is 0.0467. The minimum absolute atomic E-state index is 0.0283. The third-order valence-electron chi connectivity index (χ3n) is 3.57. The number of aryl methyl sites for hydroxylation is 1. The molecule has 0 amide bonds. The molecule has 0 aliphatic carbocycles. The molecule has 1 N–H and O–H groups in total. The van der Waals surface area contributed by atoms with Crippen LogP contribution in [0.3, 0.4) is 0 Å². The van der Waals surface area contributed by atoms with E-state index >= 15 is 0 Å². The van der Waals surface area contributed by atoms with Crippen molar-refractivity contribution in [1.82, 2.24) is 4.98 Å². The van der Waals surface area contributed by atoms with E-state index in [1.807, 2.05) is 0 Å². The Balaban J connectivity index is 1.52. The minimum atomic E-state index is -0.530. The quantitative estimate of drug-likeness (QED) is 0.655. The highest BCUT2D eigenvalue weighted by Crippen LogP contribution is 2.19. The number of aromatic hydroxyl groups is 1. The highest BCUT2D eigenvalue weighted by Gasteiger charge is 2.11. The fourth-order valence-corrected chi connectivity index (χ4v) is 2.81. The van der Waals surface area contributed by atoms with E-state index in [4.69, 9.17) is 9.47 Å². The molecule has 0 saturated heterocycles. The molecule has 134 valence electrons. The molecule has 0 radical (unpaired) electrons. The predicted octanol–water partition coefficient (Wildman–Crippen LogP) is 4.23. The van der Waals surface area contributed by atoms with Gasteiger partial charge in [0.25, 0.3) is 0 Å². The maximum atomic E-state index is 12.8. The predicted molar refractivity (Wildman–Crippen MR) is 94.8 cm³/mol. The molecule has 0 fully saturated rings. The topological polar surface area (TPSA) is 68.7 Å². The van der Waals surface area contributed by atoms with Crippen molar-refractivity contribution in [1.29, 1.82) is 0 Å². The number of esters is 1. The van der Waals surface area contributed by atoms with Crippen molar-refractivity contribution in [2.75, 3.05) is 0 Å². The molecule has 2 aromatic carbocycles. The van der Waals surface area contributed by atoms with Crippen molar-refractivity contribution in [2.24, 2.45) is 0 Å². The number of nitrogens with zero attached hydrogens (tertiary/aromatic N) is 1. The number of phenols is 1. The van der Waals surface area contributed by atoms with Gasteiger partial charge in [-0.2, -0.15) is 0 Å². The largest absolute Gasteiger partial charge is 0.508 e. The Morgan fingerprint density at radius 3 is 2.69 bits per heavy atom. The van der Waals surface area contributed by atoms with Crippen LogP contribution < -0.4 is 4.74 Å². The fourth-order valence-electron chi connectivity index (χ4n) is 2.12. The van der Waals surface area contributed by atoms with Crippen LogP contribution in [0.5, 0.6) is 11.5 Å². The summed E-state index contributed by atoms with van der Waals surface area (Å²) in [5, 5.41) is 12.1. The van der Waals surface area contributed by atoms with Crippen LogP contribution in [0.15, 0.2) is 47.8 Å². The summed E-state index contributed by atoms with van der Waals surface area (Å²) < 4.78 is 23.6. The number of halogens is 1. The summed E-state index contributed by atoms with van der Waals surface area (Å²) in [4.78, 5) is 16.3. The van der Waals surface area contributed by atoms with Crippen LogP contribution in [0.4, 0.5) is 4.39 Å². The average Bonchev–Trinajstić information content (AvgIpc) is 3.09. The highest BCUT2D eigenvalue weighted by atomic mass is 32.1. The molecule has 0 saturated carbocycles. The van der Waals surface area contributed by atoms with Gasteiger partial charge in [-0.05, 0) is 48.9 Å². The monoisotopic (exact) mass is 373 g/mol. The van der Waals surface area contributed by atoms with Crippen LogP contribution in [0.1, 0.15) is 26.6 Å². The molecule has 5 nitrogen and oxygen atoms in total. The molecule has 1 aromatic heterocycles. The summed E-state index contributed by atoms with van der Waals surface area (Å²) in [6, 6.07) is 10.4. The van der Waals surface area contributed by atoms with Crippen LogP contribution in [-0.2, 0) is 18.0 Å². The zero-order valence-electron chi connectivity index (χ0n) is 13.9. The molecule has 0 atom stereocenters. The second-order valence-electron chi connectivity index (χ2n) is 5.55. The average molecular weight is 373 g/mol. The van der Waals surface area contributed by atoms with Crippen LogP contribution in [0.2, 0.25) is 0 Å². The summed E-state index contributed by atoms with van der Waals surface area (Å²) >= 11 is 1.38. The van der Waals surface area contributed by atoms with Crippen molar-refractivity contribution in [3.8, 4) is 11.5 Å².